The first kappa shape index (κ1) is 30.6. The van der Waals surface area contributed by atoms with E-state index in [4.69, 9.17) is 4.74 Å². The van der Waals surface area contributed by atoms with Gasteiger partial charge in [0, 0.05) is 49.7 Å². The molecule has 0 aromatic heterocycles. The highest BCUT2D eigenvalue weighted by Gasteiger charge is 2.24. The molecule has 2 N–H and O–H groups in total. The van der Waals surface area contributed by atoms with E-state index in [1.807, 2.05) is 99.0 Å². The Hall–Kier alpha value is -4.82. The summed E-state index contributed by atoms with van der Waals surface area (Å²) in [7, 11) is 5.73. The van der Waals surface area contributed by atoms with Gasteiger partial charge in [-0.15, -0.1) is 0 Å². The van der Waals surface area contributed by atoms with Crippen LogP contribution in [-0.2, 0) is 0 Å². The number of carbonyl (C=O) groups excluding carboxylic acids is 2. The van der Waals surface area contributed by atoms with Crippen molar-refractivity contribution in [1.82, 2.24) is 10.2 Å². The Morgan fingerprint density at radius 1 is 0.750 bits per heavy atom. The molecule has 4 aromatic rings. The van der Waals surface area contributed by atoms with Crippen LogP contribution in [-0.4, -0.2) is 77.2 Å². The molecule has 1 saturated heterocycles. The SMILES string of the molecule is COc1ccccc1N1CCN(c2ccc(NC(=O)c3ccc(-c4ccccc4)cc3)cc2C(=O)NCCCN(C)C)CC1. The lowest BCUT2D eigenvalue weighted by Crippen LogP contribution is -2.47. The van der Waals surface area contributed by atoms with Crippen molar-refractivity contribution in [2.24, 2.45) is 0 Å². The minimum absolute atomic E-state index is 0.144. The average Bonchev–Trinajstić information content (AvgIpc) is 3.07. The van der Waals surface area contributed by atoms with Crippen molar-refractivity contribution in [2.45, 2.75) is 6.42 Å². The first-order valence-electron chi connectivity index (χ1n) is 15.1. The molecule has 8 heteroatoms. The van der Waals surface area contributed by atoms with Gasteiger partial charge in [-0.2, -0.15) is 0 Å². The van der Waals surface area contributed by atoms with Gasteiger partial charge in [0.2, 0.25) is 0 Å². The number of nitrogens with one attached hydrogen (secondary N) is 2. The van der Waals surface area contributed by atoms with E-state index in [9.17, 15) is 9.59 Å². The highest BCUT2D eigenvalue weighted by Crippen LogP contribution is 2.31. The molecule has 1 aliphatic rings. The van der Waals surface area contributed by atoms with E-state index in [-0.39, 0.29) is 11.8 Å². The predicted molar refractivity (Wildman–Crippen MR) is 179 cm³/mol. The van der Waals surface area contributed by atoms with Crippen LogP contribution in [0.3, 0.4) is 0 Å². The Labute approximate surface area is 260 Å². The highest BCUT2D eigenvalue weighted by atomic mass is 16.5. The van der Waals surface area contributed by atoms with E-state index in [0.29, 0.717) is 23.4 Å². The zero-order valence-electron chi connectivity index (χ0n) is 25.8. The van der Waals surface area contributed by atoms with Gasteiger partial charge in [-0.1, -0.05) is 54.6 Å². The minimum atomic E-state index is -0.222. The summed E-state index contributed by atoms with van der Waals surface area (Å²) in [6.07, 6.45) is 0.848. The number of rotatable bonds is 11. The van der Waals surface area contributed by atoms with Gasteiger partial charge < -0.3 is 30.1 Å². The van der Waals surface area contributed by atoms with Crippen LogP contribution in [0.25, 0.3) is 11.1 Å². The topological polar surface area (TPSA) is 77.1 Å². The fourth-order valence-corrected chi connectivity index (χ4v) is 5.49. The number of para-hydroxylation sites is 2. The summed E-state index contributed by atoms with van der Waals surface area (Å²) in [5, 5.41) is 6.09. The maximum absolute atomic E-state index is 13.5. The van der Waals surface area contributed by atoms with Crippen LogP contribution in [0.1, 0.15) is 27.1 Å². The van der Waals surface area contributed by atoms with Gasteiger partial charge in [0.05, 0.1) is 18.4 Å². The summed E-state index contributed by atoms with van der Waals surface area (Å²) < 4.78 is 5.58. The maximum Gasteiger partial charge on any atom is 0.255 e. The molecular weight excluding hydrogens is 550 g/mol. The third-order valence-electron chi connectivity index (χ3n) is 7.87. The van der Waals surface area contributed by atoms with Gasteiger partial charge in [-0.25, -0.2) is 0 Å². The Morgan fingerprint density at radius 2 is 1.39 bits per heavy atom. The lowest BCUT2D eigenvalue weighted by molar-refractivity contribution is 0.0951. The largest absolute Gasteiger partial charge is 0.495 e. The molecule has 1 fully saturated rings. The van der Waals surface area contributed by atoms with E-state index in [2.05, 4.69) is 31.4 Å². The number of ether oxygens (including phenoxy) is 1. The Balaban J connectivity index is 1.32. The quantitative estimate of drug-likeness (QED) is 0.221. The normalized spacial score (nSPS) is 13.1. The molecule has 1 aliphatic heterocycles. The number of methoxy groups -OCH3 is 1. The molecule has 0 aliphatic carbocycles. The van der Waals surface area contributed by atoms with Gasteiger partial charge in [0.15, 0.2) is 0 Å². The Kier molecular flexibility index (Phi) is 10.1. The molecule has 228 valence electrons. The molecule has 0 atom stereocenters. The molecule has 0 radical (unpaired) electrons. The van der Waals surface area contributed by atoms with Crippen molar-refractivity contribution in [3.8, 4) is 16.9 Å². The molecule has 1 heterocycles. The van der Waals surface area contributed by atoms with Crippen LogP contribution >= 0.6 is 0 Å². The van der Waals surface area contributed by atoms with Crippen LogP contribution < -0.4 is 25.2 Å². The molecule has 4 aromatic carbocycles. The van der Waals surface area contributed by atoms with Crippen LogP contribution in [0.15, 0.2) is 97.1 Å². The summed E-state index contributed by atoms with van der Waals surface area (Å²) in [4.78, 5) is 33.4. The molecule has 0 bridgehead atoms. The van der Waals surface area contributed by atoms with Crippen molar-refractivity contribution in [2.75, 3.05) is 75.6 Å². The van der Waals surface area contributed by atoms with Gasteiger partial charge in [-0.3, -0.25) is 9.59 Å². The van der Waals surface area contributed by atoms with Crippen LogP contribution in [0, 0.1) is 0 Å². The smallest absolute Gasteiger partial charge is 0.255 e. The van der Waals surface area contributed by atoms with Gasteiger partial charge in [0.25, 0.3) is 11.8 Å². The summed E-state index contributed by atoms with van der Waals surface area (Å²) >= 11 is 0. The highest BCUT2D eigenvalue weighted by molar-refractivity contribution is 6.06. The van der Waals surface area contributed by atoms with Crippen molar-refractivity contribution >= 4 is 28.9 Å². The van der Waals surface area contributed by atoms with Crippen molar-refractivity contribution in [1.29, 1.82) is 0 Å². The molecule has 0 unspecified atom stereocenters. The number of piperazine rings is 1. The van der Waals surface area contributed by atoms with E-state index >= 15 is 0 Å². The zero-order chi connectivity index (χ0) is 30.9. The van der Waals surface area contributed by atoms with Gasteiger partial charge >= 0.3 is 0 Å². The lowest BCUT2D eigenvalue weighted by Gasteiger charge is -2.38. The second-order valence-corrected chi connectivity index (χ2v) is 11.2. The fourth-order valence-electron chi connectivity index (χ4n) is 5.49. The van der Waals surface area contributed by atoms with Crippen molar-refractivity contribution < 1.29 is 14.3 Å². The monoisotopic (exact) mass is 591 g/mol. The average molecular weight is 592 g/mol. The molecule has 0 spiro atoms. The molecular formula is C36H41N5O3. The van der Waals surface area contributed by atoms with Crippen molar-refractivity contribution in [3.05, 3.63) is 108 Å². The fraction of sp³-hybridized carbons (Fsp3) is 0.278. The lowest BCUT2D eigenvalue weighted by atomic mass is 10.0. The standard InChI is InChI=1S/C36H41N5O3/c1-39(2)21-9-20-37-36(43)31-26-30(38-35(42)29-16-14-28(15-17-29)27-10-5-4-6-11-27)18-19-32(31)40-22-24-41(25-23-40)33-12-7-8-13-34(33)44-3/h4-8,10-19,26H,9,20-25H2,1-3H3,(H,37,43)(H,38,42). The number of benzene rings is 4. The molecule has 8 nitrogen and oxygen atoms in total. The molecule has 5 rings (SSSR count). The summed E-state index contributed by atoms with van der Waals surface area (Å²) in [5.74, 6) is 0.489. The van der Waals surface area contributed by atoms with Crippen LogP contribution in [0.2, 0.25) is 0 Å². The first-order valence-corrected chi connectivity index (χ1v) is 15.1. The second-order valence-electron chi connectivity index (χ2n) is 11.2. The molecule has 0 saturated carbocycles. The Morgan fingerprint density at radius 3 is 2.07 bits per heavy atom. The molecule has 2 amide bonds. The van der Waals surface area contributed by atoms with E-state index in [1.54, 1.807) is 13.2 Å². The third kappa shape index (κ3) is 7.57. The summed E-state index contributed by atoms with van der Waals surface area (Å²) in [6.45, 7) is 4.54. The second kappa shape index (κ2) is 14.6. The number of nitrogens with zero attached hydrogens (tertiary/aromatic N) is 3. The number of amides is 2. The summed E-state index contributed by atoms with van der Waals surface area (Å²) in [5.41, 5.74) is 5.76. The number of carbonyl (C=O) groups is 2. The van der Waals surface area contributed by atoms with Gasteiger partial charge in [-0.05, 0) is 80.7 Å². The molecule has 44 heavy (non-hydrogen) atoms. The third-order valence-corrected chi connectivity index (χ3v) is 7.87. The summed E-state index contributed by atoms with van der Waals surface area (Å²) in [6, 6.07) is 31.3. The van der Waals surface area contributed by atoms with E-state index in [1.165, 1.54) is 0 Å². The van der Waals surface area contributed by atoms with Crippen LogP contribution in [0.5, 0.6) is 5.75 Å². The van der Waals surface area contributed by atoms with Crippen LogP contribution in [0.4, 0.5) is 17.1 Å². The number of anilines is 3. The van der Waals surface area contributed by atoms with E-state index in [0.717, 1.165) is 67.4 Å². The predicted octanol–water partition coefficient (Wildman–Crippen LogP) is 5.62. The first-order chi connectivity index (χ1) is 21.4. The van der Waals surface area contributed by atoms with E-state index < -0.39 is 0 Å². The zero-order valence-corrected chi connectivity index (χ0v) is 25.8. The Bertz CT molecular complexity index is 1550. The van der Waals surface area contributed by atoms with Gasteiger partial charge in [0.1, 0.15) is 5.75 Å². The number of hydrogen-bond acceptors (Lipinski definition) is 6. The minimum Gasteiger partial charge on any atom is -0.495 e. The van der Waals surface area contributed by atoms with Crippen molar-refractivity contribution in [3.63, 3.8) is 0 Å². The number of hydrogen-bond donors (Lipinski definition) is 2. The maximum atomic E-state index is 13.5.